The number of hydrogen-bond acceptors (Lipinski definition) is 4. The Morgan fingerprint density at radius 2 is 2.12 bits per heavy atom. The molecule has 2 rings (SSSR count). The maximum absolute atomic E-state index is 11.7. The fourth-order valence-electron chi connectivity index (χ4n) is 1.91. The average Bonchev–Trinajstić information content (AvgIpc) is 2.68. The number of carbonyl (C=O) groups excluding carboxylic acids is 1. The quantitative estimate of drug-likeness (QED) is 0.666. The molecule has 3 N–H and O–H groups in total. The van der Waals surface area contributed by atoms with Gasteiger partial charge in [0, 0.05) is 6.04 Å². The summed E-state index contributed by atoms with van der Waals surface area (Å²) in [5.41, 5.74) is 0. The molecule has 6 heteroatoms. The molecule has 0 bridgehead atoms. The van der Waals surface area contributed by atoms with Crippen LogP contribution in [0.3, 0.4) is 0 Å². The molecule has 16 heavy (non-hydrogen) atoms. The van der Waals surface area contributed by atoms with Gasteiger partial charge in [-0.3, -0.25) is 9.89 Å². The average molecular weight is 224 g/mol. The normalized spacial score (nSPS) is 25.4. The van der Waals surface area contributed by atoms with E-state index in [2.05, 4.69) is 20.5 Å². The van der Waals surface area contributed by atoms with Crippen molar-refractivity contribution in [3.8, 4) is 0 Å². The van der Waals surface area contributed by atoms with Crippen molar-refractivity contribution in [3.63, 3.8) is 0 Å². The lowest BCUT2D eigenvalue weighted by molar-refractivity contribution is 0.0858. The SMILES string of the molecule is Cc1nc(C(=O)NC2CCC(O)CC2)n[nH]1. The summed E-state index contributed by atoms with van der Waals surface area (Å²) in [6, 6.07) is 0.134. The van der Waals surface area contributed by atoms with Gasteiger partial charge in [-0.2, -0.15) is 0 Å². The first-order valence-corrected chi connectivity index (χ1v) is 5.53. The number of carbonyl (C=O) groups is 1. The van der Waals surface area contributed by atoms with Crippen LogP contribution in [0.1, 0.15) is 42.1 Å². The van der Waals surface area contributed by atoms with Gasteiger partial charge in [-0.1, -0.05) is 0 Å². The van der Waals surface area contributed by atoms with E-state index in [0.717, 1.165) is 25.7 Å². The van der Waals surface area contributed by atoms with Gasteiger partial charge in [0.05, 0.1) is 6.10 Å². The summed E-state index contributed by atoms with van der Waals surface area (Å²) in [6.45, 7) is 1.75. The molecule has 1 aromatic rings. The third kappa shape index (κ3) is 2.57. The van der Waals surface area contributed by atoms with Gasteiger partial charge in [-0.15, -0.1) is 5.10 Å². The van der Waals surface area contributed by atoms with Crippen LogP contribution in [0, 0.1) is 6.92 Å². The Bertz CT molecular complexity index is 369. The molecular formula is C10H16N4O2. The predicted octanol–water partition coefficient (Wildman–Crippen LogP) is 0.146. The molecule has 1 fully saturated rings. The van der Waals surface area contributed by atoms with Crippen molar-refractivity contribution in [2.24, 2.45) is 0 Å². The lowest BCUT2D eigenvalue weighted by Crippen LogP contribution is -2.39. The van der Waals surface area contributed by atoms with Gasteiger partial charge < -0.3 is 10.4 Å². The zero-order valence-electron chi connectivity index (χ0n) is 9.23. The minimum Gasteiger partial charge on any atom is -0.393 e. The van der Waals surface area contributed by atoms with Crippen molar-refractivity contribution in [1.82, 2.24) is 20.5 Å². The smallest absolute Gasteiger partial charge is 0.291 e. The molecule has 6 nitrogen and oxygen atoms in total. The minimum absolute atomic E-state index is 0.134. The molecule has 0 spiro atoms. The number of aliphatic hydroxyl groups excluding tert-OH is 1. The first kappa shape index (κ1) is 11.1. The van der Waals surface area contributed by atoms with Gasteiger partial charge >= 0.3 is 0 Å². The number of amides is 1. The second-order valence-corrected chi connectivity index (χ2v) is 4.22. The molecule has 1 aliphatic rings. The van der Waals surface area contributed by atoms with E-state index in [0.29, 0.717) is 5.82 Å². The monoisotopic (exact) mass is 224 g/mol. The molecule has 0 aliphatic heterocycles. The van der Waals surface area contributed by atoms with Crippen molar-refractivity contribution < 1.29 is 9.90 Å². The summed E-state index contributed by atoms with van der Waals surface area (Å²) < 4.78 is 0. The van der Waals surface area contributed by atoms with E-state index in [9.17, 15) is 9.90 Å². The van der Waals surface area contributed by atoms with Crippen molar-refractivity contribution in [1.29, 1.82) is 0 Å². The Morgan fingerprint density at radius 3 is 2.69 bits per heavy atom. The standard InChI is InChI=1S/C10H16N4O2/c1-6-11-9(14-13-6)10(16)12-7-2-4-8(15)5-3-7/h7-8,15H,2-5H2,1H3,(H,12,16)(H,11,13,14). The molecule has 1 aromatic heterocycles. The number of nitrogens with one attached hydrogen (secondary N) is 2. The molecular weight excluding hydrogens is 208 g/mol. The Labute approximate surface area is 93.5 Å². The second kappa shape index (κ2) is 4.61. The second-order valence-electron chi connectivity index (χ2n) is 4.22. The lowest BCUT2D eigenvalue weighted by atomic mass is 9.93. The summed E-state index contributed by atoms with van der Waals surface area (Å²) in [5.74, 6) is 0.568. The van der Waals surface area contributed by atoms with Gasteiger partial charge in [0.25, 0.3) is 5.91 Å². The predicted molar refractivity (Wildman–Crippen MR) is 56.8 cm³/mol. The lowest BCUT2D eigenvalue weighted by Gasteiger charge is -2.25. The van der Waals surface area contributed by atoms with Crippen LogP contribution in [-0.4, -0.2) is 38.3 Å². The number of aromatic nitrogens is 3. The molecule has 0 atom stereocenters. The van der Waals surface area contributed by atoms with E-state index in [1.54, 1.807) is 6.92 Å². The van der Waals surface area contributed by atoms with Crippen LogP contribution < -0.4 is 5.32 Å². The Morgan fingerprint density at radius 1 is 1.44 bits per heavy atom. The zero-order valence-corrected chi connectivity index (χ0v) is 9.23. The van der Waals surface area contributed by atoms with Crippen LogP contribution in [0.5, 0.6) is 0 Å². The number of rotatable bonds is 2. The number of hydrogen-bond donors (Lipinski definition) is 3. The largest absolute Gasteiger partial charge is 0.393 e. The van der Waals surface area contributed by atoms with E-state index >= 15 is 0 Å². The van der Waals surface area contributed by atoms with Crippen molar-refractivity contribution >= 4 is 5.91 Å². The number of nitrogens with zero attached hydrogens (tertiary/aromatic N) is 2. The van der Waals surface area contributed by atoms with E-state index in [4.69, 9.17) is 0 Å². The summed E-state index contributed by atoms with van der Waals surface area (Å²) >= 11 is 0. The molecule has 1 aliphatic carbocycles. The van der Waals surface area contributed by atoms with Crippen LogP contribution in [0.2, 0.25) is 0 Å². The van der Waals surface area contributed by atoms with E-state index in [-0.39, 0.29) is 23.9 Å². The first-order valence-electron chi connectivity index (χ1n) is 5.53. The Hall–Kier alpha value is -1.43. The van der Waals surface area contributed by atoms with Crippen LogP contribution in [0.4, 0.5) is 0 Å². The molecule has 0 saturated heterocycles. The summed E-state index contributed by atoms with van der Waals surface area (Å²) in [5, 5.41) is 18.6. The number of aromatic amines is 1. The molecule has 1 amide bonds. The van der Waals surface area contributed by atoms with Gasteiger partial charge in [0.1, 0.15) is 5.82 Å². The highest BCUT2D eigenvalue weighted by atomic mass is 16.3. The summed E-state index contributed by atoms with van der Waals surface area (Å²) in [6.07, 6.45) is 2.92. The zero-order chi connectivity index (χ0) is 11.5. The summed E-state index contributed by atoms with van der Waals surface area (Å²) in [7, 11) is 0. The van der Waals surface area contributed by atoms with Gasteiger partial charge in [-0.25, -0.2) is 4.98 Å². The number of aryl methyl sites for hydroxylation is 1. The highest BCUT2D eigenvalue weighted by Gasteiger charge is 2.22. The molecule has 88 valence electrons. The van der Waals surface area contributed by atoms with Crippen LogP contribution in [0.15, 0.2) is 0 Å². The molecule has 0 radical (unpaired) electrons. The molecule has 0 unspecified atom stereocenters. The minimum atomic E-state index is -0.245. The number of aliphatic hydroxyl groups is 1. The van der Waals surface area contributed by atoms with Gasteiger partial charge in [-0.05, 0) is 32.6 Å². The fourth-order valence-corrected chi connectivity index (χ4v) is 1.91. The van der Waals surface area contributed by atoms with Gasteiger partial charge in [0.15, 0.2) is 0 Å². The van der Waals surface area contributed by atoms with E-state index < -0.39 is 0 Å². The maximum atomic E-state index is 11.7. The van der Waals surface area contributed by atoms with Crippen LogP contribution >= 0.6 is 0 Å². The highest BCUT2D eigenvalue weighted by Crippen LogP contribution is 2.18. The van der Waals surface area contributed by atoms with Crippen molar-refractivity contribution in [2.75, 3.05) is 0 Å². The Kier molecular flexibility index (Phi) is 3.19. The molecule has 0 aromatic carbocycles. The highest BCUT2D eigenvalue weighted by molar-refractivity contribution is 5.90. The fraction of sp³-hybridized carbons (Fsp3) is 0.700. The van der Waals surface area contributed by atoms with Crippen molar-refractivity contribution in [2.45, 2.75) is 44.8 Å². The number of H-pyrrole nitrogens is 1. The van der Waals surface area contributed by atoms with E-state index in [1.165, 1.54) is 0 Å². The summed E-state index contributed by atoms with van der Waals surface area (Å²) in [4.78, 5) is 15.7. The van der Waals surface area contributed by atoms with Crippen molar-refractivity contribution in [3.05, 3.63) is 11.6 Å². The van der Waals surface area contributed by atoms with Crippen LogP contribution in [-0.2, 0) is 0 Å². The molecule has 1 heterocycles. The first-order chi connectivity index (χ1) is 7.65. The third-order valence-corrected chi connectivity index (χ3v) is 2.83. The topological polar surface area (TPSA) is 90.9 Å². The third-order valence-electron chi connectivity index (χ3n) is 2.83. The van der Waals surface area contributed by atoms with Crippen LogP contribution in [0.25, 0.3) is 0 Å². The van der Waals surface area contributed by atoms with E-state index in [1.807, 2.05) is 0 Å². The Balaban J connectivity index is 1.88. The van der Waals surface area contributed by atoms with Gasteiger partial charge in [0.2, 0.25) is 5.82 Å². The maximum Gasteiger partial charge on any atom is 0.291 e. The molecule has 1 saturated carbocycles.